The lowest BCUT2D eigenvalue weighted by molar-refractivity contribution is -0.118. The van der Waals surface area contributed by atoms with Crippen molar-refractivity contribution in [3.05, 3.63) is 34.9 Å². The van der Waals surface area contributed by atoms with Crippen LogP contribution in [0.3, 0.4) is 0 Å². The van der Waals surface area contributed by atoms with Gasteiger partial charge in [0.25, 0.3) is 0 Å². The van der Waals surface area contributed by atoms with Gasteiger partial charge in [-0.25, -0.2) is 0 Å². The van der Waals surface area contributed by atoms with Crippen molar-refractivity contribution >= 4 is 17.4 Å². The summed E-state index contributed by atoms with van der Waals surface area (Å²) in [7, 11) is 0. The standard InChI is InChI=1S/C10H12ClNO/c1-7(13)10(6-12)8-2-4-9(11)5-3-8/h2-5,10H,6,12H2,1H3/t10-/m0/s1. The van der Waals surface area contributed by atoms with Crippen LogP contribution in [0, 0.1) is 0 Å². The summed E-state index contributed by atoms with van der Waals surface area (Å²) in [6.45, 7) is 1.89. The highest BCUT2D eigenvalue weighted by molar-refractivity contribution is 6.30. The van der Waals surface area contributed by atoms with Crippen LogP contribution in [-0.2, 0) is 4.79 Å². The maximum atomic E-state index is 11.1. The van der Waals surface area contributed by atoms with E-state index in [2.05, 4.69) is 0 Å². The molecule has 0 saturated heterocycles. The van der Waals surface area contributed by atoms with Crippen molar-refractivity contribution in [1.29, 1.82) is 0 Å². The number of Topliss-reactive ketones (excluding diaryl/α,β-unsaturated/α-hetero) is 1. The summed E-state index contributed by atoms with van der Waals surface area (Å²) in [6, 6.07) is 7.20. The van der Waals surface area contributed by atoms with Gasteiger partial charge in [-0.15, -0.1) is 0 Å². The minimum Gasteiger partial charge on any atom is -0.329 e. The van der Waals surface area contributed by atoms with Crippen LogP contribution in [0.25, 0.3) is 0 Å². The van der Waals surface area contributed by atoms with Crippen molar-refractivity contribution in [2.45, 2.75) is 12.8 Å². The molecule has 0 radical (unpaired) electrons. The summed E-state index contributed by atoms with van der Waals surface area (Å²) in [5.41, 5.74) is 6.42. The Balaban J connectivity index is 2.92. The van der Waals surface area contributed by atoms with E-state index in [1.54, 1.807) is 19.1 Å². The second-order valence-electron chi connectivity index (χ2n) is 2.95. The van der Waals surface area contributed by atoms with Crippen molar-refractivity contribution in [3.63, 3.8) is 0 Å². The molecule has 3 heteroatoms. The maximum absolute atomic E-state index is 11.1. The molecule has 0 aliphatic heterocycles. The molecule has 0 unspecified atom stereocenters. The fraction of sp³-hybridized carbons (Fsp3) is 0.300. The average Bonchev–Trinajstić information content (AvgIpc) is 2.09. The van der Waals surface area contributed by atoms with E-state index in [9.17, 15) is 4.79 Å². The van der Waals surface area contributed by atoms with E-state index in [1.165, 1.54) is 0 Å². The fourth-order valence-electron chi connectivity index (χ4n) is 1.23. The number of carbonyl (C=O) groups excluding carboxylic acids is 1. The Morgan fingerprint density at radius 3 is 2.38 bits per heavy atom. The van der Waals surface area contributed by atoms with Crippen LogP contribution in [0.5, 0.6) is 0 Å². The first-order chi connectivity index (χ1) is 6.15. The van der Waals surface area contributed by atoms with E-state index >= 15 is 0 Å². The van der Waals surface area contributed by atoms with Gasteiger partial charge in [0.15, 0.2) is 0 Å². The van der Waals surface area contributed by atoms with Crippen molar-refractivity contribution in [2.75, 3.05) is 6.54 Å². The summed E-state index contributed by atoms with van der Waals surface area (Å²) in [6.07, 6.45) is 0. The molecule has 0 fully saturated rings. The first-order valence-corrected chi connectivity index (χ1v) is 4.49. The second-order valence-corrected chi connectivity index (χ2v) is 3.39. The van der Waals surface area contributed by atoms with Gasteiger partial charge in [0.1, 0.15) is 5.78 Å². The Morgan fingerprint density at radius 2 is 2.00 bits per heavy atom. The molecule has 0 spiro atoms. The summed E-state index contributed by atoms with van der Waals surface area (Å²) in [5.74, 6) is -0.109. The first-order valence-electron chi connectivity index (χ1n) is 4.11. The maximum Gasteiger partial charge on any atom is 0.138 e. The molecule has 0 aromatic heterocycles. The summed E-state index contributed by atoms with van der Waals surface area (Å²) >= 11 is 5.72. The van der Waals surface area contributed by atoms with E-state index < -0.39 is 0 Å². The molecule has 0 bridgehead atoms. The molecule has 13 heavy (non-hydrogen) atoms. The molecule has 2 N–H and O–H groups in total. The molecule has 1 rings (SSSR count). The van der Waals surface area contributed by atoms with Crippen LogP contribution in [0.2, 0.25) is 5.02 Å². The van der Waals surface area contributed by atoms with Gasteiger partial charge in [-0.3, -0.25) is 4.79 Å². The summed E-state index contributed by atoms with van der Waals surface area (Å²) < 4.78 is 0. The molecule has 0 aliphatic carbocycles. The molecular weight excluding hydrogens is 186 g/mol. The number of hydrogen-bond donors (Lipinski definition) is 1. The zero-order valence-electron chi connectivity index (χ0n) is 7.46. The highest BCUT2D eigenvalue weighted by Gasteiger charge is 2.13. The number of nitrogens with two attached hydrogens (primary N) is 1. The SMILES string of the molecule is CC(=O)[C@H](CN)c1ccc(Cl)cc1. The zero-order valence-corrected chi connectivity index (χ0v) is 8.21. The zero-order chi connectivity index (χ0) is 9.84. The monoisotopic (exact) mass is 197 g/mol. The van der Waals surface area contributed by atoms with Crippen molar-refractivity contribution in [3.8, 4) is 0 Å². The third kappa shape index (κ3) is 2.54. The Bertz CT molecular complexity index is 294. The Hall–Kier alpha value is -0.860. The first kappa shape index (κ1) is 10.2. The predicted octanol–water partition coefficient (Wildman–Crippen LogP) is 1.97. The lowest BCUT2D eigenvalue weighted by Crippen LogP contribution is -2.19. The molecule has 1 aromatic rings. The van der Waals surface area contributed by atoms with Gasteiger partial charge in [0.2, 0.25) is 0 Å². The molecule has 1 atom stereocenters. The molecule has 0 amide bonds. The molecule has 2 nitrogen and oxygen atoms in total. The minimum atomic E-state index is -0.197. The van der Waals surface area contributed by atoms with Crippen LogP contribution >= 0.6 is 11.6 Å². The molecule has 70 valence electrons. The van der Waals surface area contributed by atoms with Crippen molar-refractivity contribution in [1.82, 2.24) is 0 Å². The van der Waals surface area contributed by atoms with Crippen LogP contribution in [-0.4, -0.2) is 12.3 Å². The minimum absolute atomic E-state index is 0.0878. The van der Waals surface area contributed by atoms with Gasteiger partial charge in [0.05, 0.1) is 5.92 Å². The Kier molecular flexibility index (Phi) is 3.46. The van der Waals surface area contributed by atoms with E-state index in [1.807, 2.05) is 12.1 Å². The summed E-state index contributed by atoms with van der Waals surface area (Å²) in [5, 5.41) is 0.670. The third-order valence-corrected chi connectivity index (χ3v) is 2.25. The Morgan fingerprint density at radius 1 is 1.46 bits per heavy atom. The van der Waals surface area contributed by atoms with Gasteiger partial charge in [0, 0.05) is 11.6 Å². The van der Waals surface area contributed by atoms with E-state index in [-0.39, 0.29) is 11.7 Å². The van der Waals surface area contributed by atoms with Crippen molar-refractivity contribution in [2.24, 2.45) is 5.73 Å². The second kappa shape index (κ2) is 4.40. The predicted molar refractivity (Wildman–Crippen MR) is 53.9 cm³/mol. The Labute approximate surface area is 82.7 Å². The van der Waals surface area contributed by atoms with Crippen LogP contribution in [0.4, 0.5) is 0 Å². The third-order valence-electron chi connectivity index (χ3n) is 2.00. The highest BCUT2D eigenvalue weighted by atomic mass is 35.5. The smallest absolute Gasteiger partial charge is 0.138 e. The molecule has 1 aromatic carbocycles. The van der Waals surface area contributed by atoms with E-state index in [0.29, 0.717) is 11.6 Å². The molecule has 0 saturated carbocycles. The van der Waals surface area contributed by atoms with E-state index in [4.69, 9.17) is 17.3 Å². The molecule has 0 heterocycles. The number of halogens is 1. The normalized spacial score (nSPS) is 12.5. The largest absolute Gasteiger partial charge is 0.329 e. The summed E-state index contributed by atoms with van der Waals surface area (Å²) in [4.78, 5) is 11.1. The van der Waals surface area contributed by atoms with Crippen LogP contribution < -0.4 is 5.73 Å². The number of carbonyl (C=O) groups is 1. The van der Waals surface area contributed by atoms with Crippen LogP contribution in [0.15, 0.2) is 24.3 Å². The average molecular weight is 198 g/mol. The number of benzene rings is 1. The molecule has 0 aliphatic rings. The van der Waals surface area contributed by atoms with E-state index in [0.717, 1.165) is 5.56 Å². The highest BCUT2D eigenvalue weighted by Crippen LogP contribution is 2.18. The lowest BCUT2D eigenvalue weighted by Gasteiger charge is -2.10. The van der Waals surface area contributed by atoms with Gasteiger partial charge in [-0.2, -0.15) is 0 Å². The van der Waals surface area contributed by atoms with Crippen molar-refractivity contribution < 1.29 is 4.79 Å². The van der Waals surface area contributed by atoms with Gasteiger partial charge < -0.3 is 5.73 Å². The molecular formula is C10H12ClNO. The van der Waals surface area contributed by atoms with Gasteiger partial charge in [-0.05, 0) is 24.6 Å². The van der Waals surface area contributed by atoms with Gasteiger partial charge >= 0.3 is 0 Å². The van der Waals surface area contributed by atoms with Gasteiger partial charge in [-0.1, -0.05) is 23.7 Å². The van der Waals surface area contributed by atoms with Crippen LogP contribution in [0.1, 0.15) is 18.4 Å². The quantitative estimate of drug-likeness (QED) is 0.805. The number of ketones is 1. The lowest BCUT2D eigenvalue weighted by atomic mass is 9.96. The topological polar surface area (TPSA) is 43.1 Å². The fourth-order valence-corrected chi connectivity index (χ4v) is 1.36. The number of rotatable bonds is 3. The number of hydrogen-bond acceptors (Lipinski definition) is 2.